The van der Waals surface area contributed by atoms with E-state index in [0.29, 0.717) is 11.1 Å². The minimum atomic E-state index is -5.04. The number of halogens is 6. The van der Waals surface area contributed by atoms with E-state index in [0.717, 1.165) is 30.9 Å². The number of fused-ring (bicyclic) bond motifs is 1. The van der Waals surface area contributed by atoms with Crippen molar-refractivity contribution in [2.75, 3.05) is 0 Å². The van der Waals surface area contributed by atoms with Gasteiger partial charge in [0.15, 0.2) is 11.6 Å². The average Bonchev–Trinajstić information content (AvgIpc) is 2.78. The third kappa shape index (κ3) is 5.03. The monoisotopic (exact) mass is 474 g/mol. The van der Waals surface area contributed by atoms with Crippen molar-refractivity contribution in [2.24, 2.45) is 0 Å². The lowest BCUT2D eigenvalue weighted by molar-refractivity contribution is -0.275. The minimum Gasteiger partial charge on any atom is -0.403 e. The van der Waals surface area contributed by atoms with Crippen molar-refractivity contribution in [3.63, 3.8) is 0 Å². The van der Waals surface area contributed by atoms with Gasteiger partial charge in [-0.15, -0.1) is 13.2 Å². The van der Waals surface area contributed by atoms with Crippen LogP contribution < -0.4 is 4.74 Å². The van der Waals surface area contributed by atoms with Gasteiger partial charge in [-0.2, -0.15) is 0 Å². The molecule has 0 aromatic heterocycles. The van der Waals surface area contributed by atoms with Crippen molar-refractivity contribution >= 4 is 10.8 Å². The predicted octanol–water partition coefficient (Wildman–Crippen LogP) is 8.83. The molecule has 0 bridgehead atoms. The van der Waals surface area contributed by atoms with E-state index in [-0.39, 0.29) is 21.9 Å². The summed E-state index contributed by atoms with van der Waals surface area (Å²) < 4.78 is 85.5. The maximum absolute atomic E-state index is 15.0. The van der Waals surface area contributed by atoms with Crippen LogP contribution in [0.4, 0.5) is 26.3 Å². The topological polar surface area (TPSA) is 9.23 Å². The van der Waals surface area contributed by atoms with E-state index in [2.05, 4.69) is 11.7 Å². The van der Waals surface area contributed by atoms with Crippen molar-refractivity contribution in [3.8, 4) is 28.0 Å². The Morgan fingerprint density at radius 1 is 0.735 bits per heavy atom. The lowest BCUT2D eigenvalue weighted by Crippen LogP contribution is -2.18. The second-order valence-corrected chi connectivity index (χ2v) is 7.98. The molecule has 0 spiro atoms. The summed E-state index contributed by atoms with van der Waals surface area (Å²) in [5.41, 5.74) is 2.02. The highest BCUT2D eigenvalue weighted by Gasteiger charge is 2.32. The lowest BCUT2D eigenvalue weighted by atomic mass is 9.96. The summed E-state index contributed by atoms with van der Waals surface area (Å²) in [7, 11) is 0. The molecule has 0 heterocycles. The molecule has 4 aromatic carbocycles. The number of hydrogen-bond donors (Lipinski definition) is 0. The van der Waals surface area contributed by atoms with Crippen molar-refractivity contribution in [2.45, 2.75) is 32.5 Å². The van der Waals surface area contributed by atoms with Gasteiger partial charge in [0.25, 0.3) is 0 Å². The molecular formula is C27H20F6O. The zero-order valence-electron chi connectivity index (χ0n) is 18.1. The normalized spacial score (nSPS) is 11.7. The lowest BCUT2D eigenvalue weighted by Gasteiger charge is -2.13. The standard InChI is InChI=1S/C27H20F6O/c1-2-3-4-16-5-7-17(8-6-16)20-14-22(28)25(23(29)15-20)19-9-11-21-18(13-19)10-12-24(26(21)30)34-27(31,32)33/h5-15H,2-4H2,1H3. The molecule has 0 atom stereocenters. The third-order valence-corrected chi connectivity index (χ3v) is 5.58. The van der Waals surface area contributed by atoms with Crippen LogP contribution in [0.15, 0.2) is 66.7 Å². The third-order valence-electron chi connectivity index (χ3n) is 5.58. The fraction of sp³-hybridized carbons (Fsp3) is 0.185. The Labute approximate surface area is 192 Å². The van der Waals surface area contributed by atoms with Crippen molar-refractivity contribution in [3.05, 3.63) is 89.7 Å². The Hall–Kier alpha value is -3.48. The SMILES string of the molecule is CCCCc1ccc(-c2cc(F)c(-c3ccc4c(F)c(OC(F)(F)F)ccc4c3)c(F)c2)cc1. The Balaban J connectivity index is 1.67. The minimum absolute atomic E-state index is 0.132. The van der Waals surface area contributed by atoms with Gasteiger partial charge in [-0.05, 0) is 64.7 Å². The van der Waals surface area contributed by atoms with Crippen LogP contribution in [0.2, 0.25) is 0 Å². The van der Waals surface area contributed by atoms with E-state index in [1.165, 1.54) is 36.4 Å². The molecule has 0 aliphatic rings. The van der Waals surface area contributed by atoms with Gasteiger partial charge in [-0.25, -0.2) is 13.2 Å². The summed E-state index contributed by atoms with van der Waals surface area (Å²) in [4.78, 5) is 0. The largest absolute Gasteiger partial charge is 0.573 e. The molecule has 4 aromatic rings. The van der Waals surface area contributed by atoms with E-state index in [1.54, 1.807) is 0 Å². The number of aryl methyl sites for hydroxylation is 1. The zero-order chi connectivity index (χ0) is 24.5. The van der Waals surface area contributed by atoms with Gasteiger partial charge in [0.05, 0.1) is 5.56 Å². The predicted molar refractivity (Wildman–Crippen MR) is 120 cm³/mol. The molecule has 176 valence electrons. The van der Waals surface area contributed by atoms with Crippen molar-refractivity contribution in [1.82, 2.24) is 0 Å². The summed E-state index contributed by atoms with van der Waals surface area (Å²) in [5.74, 6) is -3.79. The molecule has 34 heavy (non-hydrogen) atoms. The first kappa shape index (κ1) is 23.7. The molecule has 0 saturated heterocycles. The number of benzene rings is 4. The highest BCUT2D eigenvalue weighted by molar-refractivity contribution is 5.89. The summed E-state index contributed by atoms with van der Waals surface area (Å²) in [6.45, 7) is 2.10. The number of rotatable bonds is 6. The van der Waals surface area contributed by atoms with Gasteiger partial charge in [-0.1, -0.05) is 55.8 Å². The maximum Gasteiger partial charge on any atom is 0.573 e. The molecule has 0 N–H and O–H groups in total. The maximum atomic E-state index is 15.0. The van der Waals surface area contributed by atoms with Crippen LogP contribution in [0, 0.1) is 17.5 Å². The fourth-order valence-corrected chi connectivity index (χ4v) is 3.89. The Bertz CT molecular complexity index is 1300. The van der Waals surface area contributed by atoms with Gasteiger partial charge < -0.3 is 4.74 Å². The first-order chi connectivity index (χ1) is 16.2. The fourth-order valence-electron chi connectivity index (χ4n) is 3.89. The van der Waals surface area contributed by atoms with E-state index >= 15 is 0 Å². The molecular weight excluding hydrogens is 454 g/mol. The van der Waals surface area contributed by atoms with Crippen LogP contribution in [0.5, 0.6) is 5.75 Å². The first-order valence-electron chi connectivity index (χ1n) is 10.7. The number of ether oxygens (including phenoxy) is 1. The highest BCUT2D eigenvalue weighted by atomic mass is 19.4. The molecule has 7 heteroatoms. The second kappa shape index (κ2) is 9.41. The second-order valence-electron chi connectivity index (χ2n) is 7.98. The van der Waals surface area contributed by atoms with Gasteiger partial charge >= 0.3 is 6.36 Å². The smallest absolute Gasteiger partial charge is 0.403 e. The molecule has 1 nitrogen and oxygen atoms in total. The Morgan fingerprint density at radius 3 is 2.00 bits per heavy atom. The molecule has 0 saturated carbocycles. The highest BCUT2D eigenvalue weighted by Crippen LogP contribution is 2.36. The van der Waals surface area contributed by atoms with Gasteiger partial charge in [0, 0.05) is 5.39 Å². The molecule has 0 unspecified atom stereocenters. The van der Waals surface area contributed by atoms with Crippen LogP contribution >= 0.6 is 0 Å². The van der Waals surface area contributed by atoms with Crippen LogP contribution in [0.25, 0.3) is 33.0 Å². The quantitative estimate of drug-likeness (QED) is 0.254. The van der Waals surface area contributed by atoms with E-state index in [1.807, 2.05) is 24.3 Å². The Morgan fingerprint density at radius 2 is 1.38 bits per heavy atom. The van der Waals surface area contributed by atoms with Gasteiger partial charge in [0.2, 0.25) is 0 Å². The van der Waals surface area contributed by atoms with E-state index in [9.17, 15) is 26.3 Å². The molecule has 4 rings (SSSR count). The van der Waals surface area contributed by atoms with Crippen LogP contribution in [-0.2, 0) is 6.42 Å². The van der Waals surface area contributed by atoms with Gasteiger partial charge in [0.1, 0.15) is 11.6 Å². The van der Waals surface area contributed by atoms with Crippen LogP contribution in [0.1, 0.15) is 25.3 Å². The summed E-state index contributed by atoms with van der Waals surface area (Å²) >= 11 is 0. The Kier molecular flexibility index (Phi) is 6.55. The molecule has 0 fully saturated rings. The molecule has 0 radical (unpaired) electrons. The van der Waals surface area contributed by atoms with Gasteiger partial charge in [-0.3, -0.25) is 0 Å². The number of unbranched alkanes of at least 4 members (excludes halogenated alkanes) is 1. The summed E-state index contributed by atoms with van der Waals surface area (Å²) in [6, 6.07) is 15.7. The molecule has 0 amide bonds. The van der Waals surface area contributed by atoms with E-state index < -0.39 is 29.6 Å². The zero-order valence-corrected chi connectivity index (χ0v) is 18.1. The van der Waals surface area contributed by atoms with Crippen molar-refractivity contribution < 1.29 is 31.1 Å². The number of alkyl halides is 3. The summed E-state index contributed by atoms with van der Waals surface area (Å²) in [6.07, 6.45) is -1.98. The van der Waals surface area contributed by atoms with Crippen LogP contribution in [0.3, 0.4) is 0 Å². The summed E-state index contributed by atoms with van der Waals surface area (Å²) in [5, 5.41) is 0.0150. The first-order valence-corrected chi connectivity index (χ1v) is 10.7. The van der Waals surface area contributed by atoms with E-state index in [4.69, 9.17) is 0 Å². The number of hydrogen-bond acceptors (Lipinski definition) is 1. The van der Waals surface area contributed by atoms with Crippen molar-refractivity contribution in [1.29, 1.82) is 0 Å². The molecule has 0 aliphatic heterocycles. The average molecular weight is 474 g/mol. The van der Waals surface area contributed by atoms with Crippen LogP contribution in [-0.4, -0.2) is 6.36 Å². The molecule has 0 aliphatic carbocycles.